The van der Waals surface area contributed by atoms with Crippen molar-refractivity contribution in [3.05, 3.63) is 19.2 Å². The van der Waals surface area contributed by atoms with E-state index in [1.165, 1.54) is 37.1 Å². The van der Waals surface area contributed by atoms with Crippen LogP contribution in [0.15, 0.2) is 14.3 Å². The van der Waals surface area contributed by atoms with Crippen molar-refractivity contribution in [3.63, 3.8) is 0 Å². The average molecular weight is 424 g/mol. The van der Waals surface area contributed by atoms with Gasteiger partial charge in [0.25, 0.3) is 5.91 Å². The highest BCUT2D eigenvalue weighted by atomic mass is 79.9. The van der Waals surface area contributed by atoms with Crippen LogP contribution in [0, 0.1) is 0 Å². The predicted molar refractivity (Wildman–Crippen MR) is 91.6 cm³/mol. The van der Waals surface area contributed by atoms with Crippen molar-refractivity contribution < 1.29 is 4.79 Å². The quantitative estimate of drug-likeness (QED) is 0.717. The summed E-state index contributed by atoms with van der Waals surface area (Å²) < 4.78 is 1.90. The van der Waals surface area contributed by atoms with Gasteiger partial charge in [0.05, 0.1) is 8.66 Å². The molecular weight excluding hydrogens is 404 g/mol. The van der Waals surface area contributed by atoms with Crippen LogP contribution in [-0.4, -0.2) is 36.5 Å². The van der Waals surface area contributed by atoms with Crippen LogP contribution >= 0.6 is 43.2 Å². The van der Waals surface area contributed by atoms with E-state index in [1.54, 1.807) is 0 Å². The monoisotopic (exact) mass is 422 g/mol. The lowest BCUT2D eigenvalue weighted by molar-refractivity contribution is 0.0953. The van der Waals surface area contributed by atoms with Crippen molar-refractivity contribution in [1.29, 1.82) is 0 Å². The maximum absolute atomic E-state index is 12.0. The van der Waals surface area contributed by atoms with Gasteiger partial charge in [0, 0.05) is 23.6 Å². The number of thiophene rings is 1. The third-order valence-electron chi connectivity index (χ3n) is 3.72. The fourth-order valence-electron chi connectivity index (χ4n) is 2.52. The van der Waals surface area contributed by atoms with Crippen LogP contribution in [0.5, 0.6) is 0 Å². The molecule has 3 nitrogen and oxygen atoms in total. The van der Waals surface area contributed by atoms with Crippen LogP contribution in [0.2, 0.25) is 0 Å². The van der Waals surface area contributed by atoms with Crippen LogP contribution in [0.1, 0.15) is 42.3 Å². The van der Waals surface area contributed by atoms with Gasteiger partial charge in [0.2, 0.25) is 0 Å². The maximum atomic E-state index is 12.0. The largest absolute Gasteiger partial charge is 0.351 e. The number of likely N-dealkylation sites (tertiary alicyclic amines) is 1. The molecule has 0 bridgehead atoms. The van der Waals surface area contributed by atoms with Gasteiger partial charge in [0.15, 0.2) is 0 Å². The van der Waals surface area contributed by atoms with Crippen molar-refractivity contribution >= 4 is 49.1 Å². The summed E-state index contributed by atoms with van der Waals surface area (Å²) in [6.45, 7) is 5.34. The summed E-state index contributed by atoms with van der Waals surface area (Å²) in [6.07, 6.45) is 5.00. The summed E-state index contributed by atoms with van der Waals surface area (Å²) in [7, 11) is 0. The van der Waals surface area contributed by atoms with Gasteiger partial charge in [-0.1, -0.05) is 6.42 Å². The normalized spacial score (nSPS) is 20.1. The molecule has 1 aromatic heterocycles. The van der Waals surface area contributed by atoms with Gasteiger partial charge >= 0.3 is 0 Å². The minimum Gasteiger partial charge on any atom is -0.351 e. The van der Waals surface area contributed by atoms with Crippen LogP contribution in [0.4, 0.5) is 0 Å². The lowest BCUT2D eigenvalue weighted by Gasteiger charge is -2.33. The third kappa shape index (κ3) is 4.55. The fourth-order valence-corrected chi connectivity index (χ4v) is 4.47. The molecule has 1 saturated heterocycles. The Balaban J connectivity index is 1.69. The molecule has 0 saturated carbocycles. The average Bonchev–Trinajstić information content (AvgIpc) is 2.76. The number of amides is 1. The minimum atomic E-state index is 0.0214. The highest BCUT2D eigenvalue weighted by Crippen LogP contribution is 2.32. The van der Waals surface area contributed by atoms with Crippen molar-refractivity contribution in [2.75, 3.05) is 19.6 Å². The summed E-state index contributed by atoms with van der Waals surface area (Å²) >= 11 is 8.27. The van der Waals surface area contributed by atoms with E-state index in [0.29, 0.717) is 6.04 Å². The van der Waals surface area contributed by atoms with E-state index in [4.69, 9.17) is 0 Å². The molecule has 2 rings (SSSR count). The van der Waals surface area contributed by atoms with Crippen molar-refractivity contribution in [2.24, 2.45) is 0 Å². The highest BCUT2D eigenvalue weighted by Gasteiger charge is 2.17. The third-order valence-corrected chi connectivity index (χ3v) is 6.97. The zero-order valence-corrected chi connectivity index (χ0v) is 15.6. The highest BCUT2D eigenvalue weighted by molar-refractivity contribution is 9.13. The first-order valence-electron chi connectivity index (χ1n) is 7.05. The number of hydrogen-bond acceptors (Lipinski definition) is 3. The molecule has 1 N–H and O–H groups in total. The van der Waals surface area contributed by atoms with Gasteiger partial charge in [-0.2, -0.15) is 0 Å². The minimum absolute atomic E-state index is 0.0214. The molecule has 1 amide bonds. The summed E-state index contributed by atoms with van der Waals surface area (Å²) in [4.78, 5) is 15.3. The van der Waals surface area contributed by atoms with Crippen LogP contribution in [-0.2, 0) is 0 Å². The number of halogens is 2. The Hall–Kier alpha value is 0.0900. The topological polar surface area (TPSA) is 32.3 Å². The molecule has 2 heterocycles. The Labute approximate surface area is 141 Å². The standard InChI is InChI=1S/C14H20Br2N2OS/c1-10-5-2-3-7-18(10)8-4-6-17-14(19)12-9-11(15)13(16)20-12/h9-10H,2-8H2,1H3,(H,17,19). The van der Waals surface area contributed by atoms with E-state index in [2.05, 4.69) is 49.0 Å². The number of carbonyl (C=O) groups is 1. The van der Waals surface area contributed by atoms with E-state index >= 15 is 0 Å². The second-order valence-electron chi connectivity index (χ2n) is 5.22. The molecule has 1 aliphatic heterocycles. The molecule has 1 aliphatic rings. The summed E-state index contributed by atoms with van der Waals surface area (Å²) in [6, 6.07) is 2.56. The van der Waals surface area contributed by atoms with E-state index < -0.39 is 0 Å². The molecule has 6 heteroatoms. The molecular formula is C14H20Br2N2OS. The Morgan fingerprint density at radius 2 is 2.30 bits per heavy atom. The van der Waals surface area contributed by atoms with Gasteiger partial charge < -0.3 is 10.2 Å². The Bertz CT molecular complexity index is 445. The molecule has 0 spiro atoms. The van der Waals surface area contributed by atoms with E-state index in [1.807, 2.05) is 6.07 Å². The van der Waals surface area contributed by atoms with Gasteiger partial charge in [0.1, 0.15) is 0 Å². The summed E-state index contributed by atoms with van der Waals surface area (Å²) in [5.74, 6) is 0.0214. The number of carbonyl (C=O) groups excluding carboxylic acids is 1. The zero-order valence-electron chi connectivity index (χ0n) is 11.6. The fraction of sp³-hybridized carbons (Fsp3) is 0.643. The van der Waals surface area contributed by atoms with Crippen molar-refractivity contribution in [2.45, 2.75) is 38.6 Å². The number of hydrogen-bond donors (Lipinski definition) is 1. The second kappa shape index (κ2) is 7.92. The van der Waals surface area contributed by atoms with Crippen LogP contribution in [0.25, 0.3) is 0 Å². The van der Waals surface area contributed by atoms with Gasteiger partial charge in [-0.3, -0.25) is 4.79 Å². The van der Waals surface area contributed by atoms with Crippen LogP contribution in [0.3, 0.4) is 0 Å². The van der Waals surface area contributed by atoms with Gasteiger partial charge in [-0.15, -0.1) is 11.3 Å². The van der Waals surface area contributed by atoms with Gasteiger partial charge in [-0.25, -0.2) is 0 Å². The lowest BCUT2D eigenvalue weighted by Crippen LogP contribution is -2.39. The number of nitrogens with zero attached hydrogens (tertiary/aromatic N) is 1. The molecule has 1 atom stereocenters. The zero-order chi connectivity index (χ0) is 14.5. The molecule has 1 aromatic rings. The first kappa shape index (κ1) is 16.5. The SMILES string of the molecule is CC1CCCCN1CCCNC(=O)c1cc(Br)c(Br)s1. The number of rotatable bonds is 5. The Morgan fingerprint density at radius 1 is 1.50 bits per heavy atom. The number of piperidine rings is 1. The maximum Gasteiger partial charge on any atom is 0.261 e. The van der Waals surface area contributed by atoms with E-state index in [-0.39, 0.29) is 5.91 Å². The number of nitrogens with one attached hydrogen (secondary N) is 1. The first-order valence-corrected chi connectivity index (χ1v) is 9.45. The molecule has 1 unspecified atom stereocenters. The smallest absolute Gasteiger partial charge is 0.261 e. The van der Waals surface area contributed by atoms with Crippen molar-refractivity contribution in [3.8, 4) is 0 Å². The molecule has 0 radical (unpaired) electrons. The molecule has 20 heavy (non-hydrogen) atoms. The molecule has 112 valence electrons. The molecule has 1 fully saturated rings. The lowest BCUT2D eigenvalue weighted by atomic mass is 10.0. The van der Waals surface area contributed by atoms with E-state index in [0.717, 1.165) is 32.6 Å². The Morgan fingerprint density at radius 3 is 2.95 bits per heavy atom. The summed E-state index contributed by atoms with van der Waals surface area (Å²) in [5.41, 5.74) is 0. The second-order valence-corrected chi connectivity index (χ2v) is 8.45. The predicted octanol–water partition coefficient (Wildman–Crippen LogP) is 4.27. The Kier molecular flexibility index (Phi) is 6.52. The van der Waals surface area contributed by atoms with E-state index in [9.17, 15) is 4.79 Å². The summed E-state index contributed by atoms with van der Waals surface area (Å²) in [5, 5.41) is 3.00. The van der Waals surface area contributed by atoms with Gasteiger partial charge in [-0.05, 0) is 70.7 Å². The van der Waals surface area contributed by atoms with Crippen LogP contribution < -0.4 is 5.32 Å². The molecule has 0 aliphatic carbocycles. The molecule has 0 aromatic carbocycles. The first-order chi connectivity index (χ1) is 9.58. The van der Waals surface area contributed by atoms with Crippen molar-refractivity contribution in [1.82, 2.24) is 10.2 Å².